The average Bonchev–Trinajstić information content (AvgIpc) is 3.27. The van der Waals surface area contributed by atoms with Crippen molar-refractivity contribution in [3.05, 3.63) is 82.5 Å². The Morgan fingerprint density at radius 1 is 0.962 bits per heavy atom. The van der Waals surface area contributed by atoms with E-state index in [0.717, 1.165) is 6.42 Å². The summed E-state index contributed by atoms with van der Waals surface area (Å²) >= 11 is 0. The molecule has 1 fully saturated rings. The van der Waals surface area contributed by atoms with E-state index in [0.29, 0.717) is 5.92 Å². The van der Waals surface area contributed by atoms with Gasteiger partial charge in [0.25, 0.3) is 0 Å². The quantitative estimate of drug-likeness (QED) is 0.455. The molecular formula is C26H28. The van der Waals surface area contributed by atoms with Crippen LogP contribution in [0.2, 0.25) is 0 Å². The Hall–Kier alpha value is -2.08. The summed E-state index contributed by atoms with van der Waals surface area (Å²) in [7, 11) is 0. The SMILES string of the molecule is CC(C)(C)C1=CC2C(=C1)CCC2(C)c1cccc2c1Cc1ccccc1-2. The molecule has 3 aliphatic rings. The summed E-state index contributed by atoms with van der Waals surface area (Å²) in [5.74, 6) is 0.576. The number of hydrogen-bond donors (Lipinski definition) is 0. The normalized spacial score (nSPS) is 26.2. The van der Waals surface area contributed by atoms with E-state index in [1.54, 1.807) is 16.7 Å². The van der Waals surface area contributed by atoms with Crippen molar-refractivity contribution >= 4 is 0 Å². The maximum Gasteiger partial charge on any atom is 0.00806 e. The lowest BCUT2D eigenvalue weighted by molar-refractivity contribution is 0.422. The Kier molecular flexibility index (Phi) is 3.24. The molecule has 0 aliphatic heterocycles. The van der Waals surface area contributed by atoms with Crippen molar-refractivity contribution in [1.82, 2.24) is 0 Å². The van der Waals surface area contributed by atoms with Gasteiger partial charge in [0, 0.05) is 11.3 Å². The lowest BCUT2D eigenvalue weighted by atomic mass is 9.71. The molecular weight excluding hydrogens is 312 g/mol. The van der Waals surface area contributed by atoms with Crippen LogP contribution in [0.3, 0.4) is 0 Å². The van der Waals surface area contributed by atoms with Crippen LogP contribution in [0.25, 0.3) is 11.1 Å². The zero-order valence-electron chi connectivity index (χ0n) is 16.4. The lowest BCUT2D eigenvalue weighted by Crippen LogP contribution is -2.27. The topological polar surface area (TPSA) is 0 Å². The van der Waals surface area contributed by atoms with Crippen LogP contribution in [-0.4, -0.2) is 0 Å². The van der Waals surface area contributed by atoms with Crippen LogP contribution in [0.1, 0.15) is 57.2 Å². The van der Waals surface area contributed by atoms with E-state index in [1.165, 1.54) is 35.1 Å². The summed E-state index contributed by atoms with van der Waals surface area (Å²) in [4.78, 5) is 0. The van der Waals surface area contributed by atoms with Crippen molar-refractivity contribution < 1.29 is 0 Å². The van der Waals surface area contributed by atoms with E-state index in [9.17, 15) is 0 Å². The van der Waals surface area contributed by atoms with Gasteiger partial charge in [-0.1, -0.05) is 87.9 Å². The first kappa shape index (κ1) is 16.1. The zero-order chi connectivity index (χ0) is 18.1. The number of rotatable bonds is 1. The van der Waals surface area contributed by atoms with Crippen LogP contribution in [0.5, 0.6) is 0 Å². The van der Waals surface area contributed by atoms with E-state index in [-0.39, 0.29) is 10.8 Å². The monoisotopic (exact) mass is 340 g/mol. The first-order valence-corrected chi connectivity index (χ1v) is 10.0. The molecule has 0 saturated heterocycles. The fraction of sp³-hybridized carbons (Fsp3) is 0.385. The standard InChI is InChI=1S/C26H28/c1-25(2,3)19-14-18-12-13-26(4,24(18)16-19)23-11-7-10-21-20-9-6-5-8-17(20)15-22(21)23/h5-11,14,16,24H,12-13,15H2,1-4H3. The van der Waals surface area contributed by atoms with Gasteiger partial charge in [-0.25, -0.2) is 0 Å². The van der Waals surface area contributed by atoms with Gasteiger partial charge in [-0.05, 0) is 58.1 Å². The Labute approximate surface area is 157 Å². The Morgan fingerprint density at radius 2 is 1.73 bits per heavy atom. The summed E-state index contributed by atoms with van der Waals surface area (Å²) < 4.78 is 0. The number of allylic oxidation sites excluding steroid dienone is 4. The van der Waals surface area contributed by atoms with E-state index in [4.69, 9.17) is 0 Å². The summed E-state index contributed by atoms with van der Waals surface area (Å²) in [6.45, 7) is 9.53. The maximum atomic E-state index is 2.59. The molecule has 0 nitrogen and oxygen atoms in total. The van der Waals surface area contributed by atoms with E-state index >= 15 is 0 Å². The molecule has 5 rings (SSSR count). The molecule has 0 aromatic heterocycles. The van der Waals surface area contributed by atoms with E-state index < -0.39 is 0 Å². The van der Waals surface area contributed by atoms with Gasteiger partial charge in [0.15, 0.2) is 0 Å². The van der Waals surface area contributed by atoms with Gasteiger partial charge in [-0.2, -0.15) is 0 Å². The largest absolute Gasteiger partial charge is 0.0727 e. The summed E-state index contributed by atoms with van der Waals surface area (Å²) in [6, 6.07) is 16.0. The molecule has 0 N–H and O–H groups in total. The predicted octanol–water partition coefficient (Wildman–Crippen LogP) is 6.84. The van der Waals surface area contributed by atoms with Crippen molar-refractivity contribution in [2.24, 2.45) is 11.3 Å². The maximum absolute atomic E-state index is 2.59. The molecule has 2 aromatic carbocycles. The summed E-state index contributed by atoms with van der Waals surface area (Å²) in [5, 5.41) is 0. The van der Waals surface area contributed by atoms with Crippen molar-refractivity contribution in [2.75, 3.05) is 0 Å². The van der Waals surface area contributed by atoms with Crippen molar-refractivity contribution in [1.29, 1.82) is 0 Å². The van der Waals surface area contributed by atoms with Crippen molar-refractivity contribution in [2.45, 2.75) is 52.4 Å². The van der Waals surface area contributed by atoms with Crippen LogP contribution in [0.4, 0.5) is 0 Å². The predicted molar refractivity (Wildman–Crippen MR) is 110 cm³/mol. The third-order valence-electron chi connectivity index (χ3n) is 7.04. The molecule has 2 aromatic rings. The third kappa shape index (κ3) is 2.14. The molecule has 3 aliphatic carbocycles. The second-order valence-corrected chi connectivity index (χ2v) is 9.65. The van der Waals surface area contributed by atoms with E-state index in [2.05, 4.69) is 82.3 Å². The number of fused-ring (bicyclic) bond motifs is 4. The molecule has 0 radical (unpaired) electrons. The van der Waals surface area contributed by atoms with Crippen LogP contribution < -0.4 is 0 Å². The second-order valence-electron chi connectivity index (χ2n) is 9.65. The highest BCUT2D eigenvalue weighted by atomic mass is 14.5. The lowest BCUT2D eigenvalue weighted by Gasteiger charge is -2.32. The third-order valence-corrected chi connectivity index (χ3v) is 7.04. The fourth-order valence-electron chi connectivity index (χ4n) is 5.47. The molecule has 0 heterocycles. The molecule has 1 saturated carbocycles. The summed E-state index contributed by atoms with van der Waals surface area (Å²) in [5.41, 5.74) is 11.2. The smallest absolute Gasteiger partial charge is 0.00806 e. The molecule has 0 bridgehead atoms. The Morgan fingerprint density at radius 3 is 2.54 bits per heavy atom. The summed E-state index contributed by atoms with van der Waals surface area (Å²) in [6.07, 6.45) is 8.70. The van der Waals surface area contributed by atoms with Gasteiger partial charge < -0.3 is 0 Å². The number of hydrogen-bond acceptors (Lipinski definition) is 0. The highest BCUT2D eigenvalue weighted by molar-refractivity contribution is 5.78. The van der Waals surface area contributed by atoms with Gasteiger partial charge in [0.2, 0.25) is 0 Å². The van der Waals surface area contributed by atoms with Gasteiger partial charge in [-0.3, -0.25) is 0 Å². The molecule has 132 valence electrons. The van der Waals surface area contributed by atoms with Gasteiger partial charge in [0.05, 0.1) is 0 Å². The molecule has 26 heavy (non-hydrogen) atoms. The van der Waals surface area contributed by atoms with Crippen LogP contribution in [-0.2, 0) is 11.8 Å². The van der Waals surface area contributed by atoms with E-state index in [1.807, 2.05) is 0 Å². The minimum Gasteiger partial charge on any atom is -0.0727 e. The molecule has 0 amide bonds. The molecule has 2 atom stereocenters. The van der Waals surface area contributed by atoms with Crippen LogP contribution in [0, 0.1) is 11.3 Å². The fourth-order valence-corrected chi connectivity index (χ4v) is 5.47. The number of benzene rings is 2. The molecule has 0 spiro atoms. The van der Waals surface area contributed by atoms with Gasteiger partial charge in [-0.15, -0.1) is 0 Å². The van der Waals surface area contributed by atoms with Crippen molar-refractivity contribution in [3.63, 3.8) is 0 Å². The first-order valence-electron chi connectivity index (χ1n) is 10.0. The highest BCUT2D eigenvalue weighted by Gasteiger charge is 2.46. The Balaban J connectivity index is 1.62. The van der Waals surface area contributed by atoms with Gasteiger partial charge >= 0.3 is 0 Å². The molecule has 0 heteroatoms. The van der Waals surface area contributed by atoms with Gasteiger partial charge in [0.1, 0.15) is 0 Å². The first-order chi connectivity index (χ1) is 12.4. The minimum atomic E-state index is 0.228. The minimum absolute atomic E-state index is 0.228. The van der Waals surface area contributed by atoms with Crippen molar-refractivity contribution in [3.8, 4) is 11.1 Å². The average molecular weight is 341 g/mol. The van der Waals surface area contributed by atoms with Crippen LogP contribution in [0.15, 0.2) is 65.8 Å². The Bertz CT molecular complexity index is 964. The second kappa shape index (κ2) is 5.22. The van der Waals surface area contributed by atoms with Crippen LogP contribution >= 0.6 is 0 Å². The molecule has 2 unspecified atom stereocenters. The highest BCUT2D eigenvalue weighted by Crippen LogP contribution is 2.56. The zero-order valence-corrected chi connectivity index (χ0v) is 16.4.